The number of aromatic nitrogens is 3. The molecule has 1 aliphatic rings. The predicted molar refractivity (Wildman–Crippen MR) is 77.8 cm³/mol. The van der Waals surface area contributed by atoms with Crippen LogP contribution < -0.4 is 10.9 Å². The van der Waals surface area contributed by atoms with Crippen LogP contribution in [-0.2, 0) is 0 Å². The molecule has 0 bridgehead atoms. The van der Waals surface area contributed by atoms with Gasteiger partial charge >= 0.3 is 0 Å². The molecule has 2 heterocycles. The molecule has 21 heavy (non-hydrogen) atoms. The Morgan fingerprint density at radius 1 is 1.24 bits per heavy atom. The molecule has 1 saturated carbocycles. The van der Waals surface area contributed by atoms with Gasteiger partial charge < -0.3 is 5.32 Å². The molecule has 108 valence electrons. The Balaban J connectivity index is 1.87. The standard InChI is InChI=1S/C15H16N4O2/c20-14(17-11-3-1-2-4-11)12-9-13(18-19-15(12)21)10-5-7-16-8-6-10/h5-9,11H,1-4H2,(H,17,20)(H,19,21). The van der Waals surface area contributed by atoms with Crippen molar-refractivity contribution in [2.75, 3.05) is 0 Å². The van der Waals surface area contributed by atoms with E-state index in [-0.39, 0.29) is 17.5 Å². The Hall–Kier alpha value is -2.50. The third kappa shape index (κ3) is 2.99. The molecular weight excluding hydrogens is 268 g/mol. The summed E-state index contributed by atoms with van der Waals surface area (Å²) >= 11 is 0. The van der Waals surface area contributed by atoms with Crippen LogP contribution in [0.2, 0.25) is 0 Å². The van der Waals surface area contributed by atoms with Crippen LogP contribution in [0.3, 0.4) is 0 Å². The zero-order valence-electron chi connectivity index (χ0n) is 11.5. The fourth-order valence-corrected chi connectivity index (χ4v) is 2.58. The minimum Gasteiger partial charge on any atom is -0.349 e. The number of pyridine rings is 1. The molecule has 0 atom stereocenters. The van der Waals surface area contributed by atoms with E-state index in [1.807, 2.05) is 0 Å². The van der Waals surface area contributed by atoms with Crippen LogP contribution >= 0.6 is 0 Å². The number of nitrogens with zero attached hydrogens (tertiary/aromatic N) is 2. The maximum absolute atomic E-state index is 12.2. The quantitative estimate of drug-likeness (QED) is 0.894. The topological polar surface area (TPSA) is 87.7 Å². The lowest BCUT2D eigenvalue weighted by atomic mass is 10.1. The predicted octanol–water partition coefficient (Wildman–Crippen LogP) is 1.50. The summed E-state index contributed by atoms with van der Waals surface area (Å²) in [5.41, 5.74) is 0.983. The minimum absolute atomic E-state index is 0.101. The second-order valence-corrected chi connectivity index (χ2v) is 5.19. The molecule has 2 aromatic heterocycles. The van der Waals surface area contributed by atoms with E-state index in [0.29, 0.717) is 5.69 Å². The maximum atomic E-state index is 12.2. The van der Waals surface area contributed by atoms with Gasteiger partial charge in [0.1, 0.15) is 5.56 Å². The monoisotopic (exact) mass is 284 g/mol. The number of hydrogen-bond acceptors (Lipinski definition) is 4. The highest BCUT2D eigenvalue weighted by Crippen LogP contribution is 2.18. The second-order valence-electron chi connectivity index (χ2n) is 5.19. The highest BCUT2D eigenvalue weighted by atomic mass is 16.2. The van der Waals surface area contributed by atoms with Crippen molar-refractivity contribution < 1.29 is 4.79 Å². The van der Waals surface area contributed by atoms with Gasteiger partial charge in [-0.3, -0.25) is 14.6 Å². The van der Waals surface area contributed by atoms with Crippen LogP contribution in [0.4, 0.5) is 0 Å². The summed E-state index contributed by atoms with van der Waals surface area (Å²) in [6.07, 6.45) is 7.48. The lowest BCUT2D eigenvalue weighted by Gasteiger charge is -2.11. The number of amides is 1. The van der Waals surface area contributed by atoms with Gasteiger partial charge in [0.15, 0.2) is 0 Å². The number of rotatable bonds is 3. The fourth-order valence-electron chi connectivity index (χ4n) is 2.58. The molecule has 2 N–H and O–H groups in total. The average molecular weight is 284 g/mol. The largest absolute Gasteiger partial charge is 0.349 e. The summed E-state index contributed by atoms with van der Waals surface area (Å²) in [6, 6.07) is 5.26. The summed E-state index contributed by atoms with van der Waals surface area (Å²) in [5, 5.41) is 9.28. The number of carbonyl (C=O) groups excluding carboxylic acids is 1. The van der Waals surface area contributed by atoms with Crippen LogP contribution in [0.15, 0.2) is 35.4 Å². The SMILES string of the molecule is O=C(NC1CCCC1)c1cc(-c2ccncc2)n[nH]c1=O. The number of hydrogen-bond donors (Lipinski definition) is 2. The van der Waals surface area contributed by atoms with Crippen molar-refractivity contribution in [2.24, 2.45) is 0 Å². The molecule has 6 nitrogen and oxygen atoms in total. The first kappa shape index (κ1) is 13.5. The van der Waals surface area contributed by atoms with E-state index in [1.165, 1.54) is 6.07 Å². The number of H-pyrrole nitrogens is 1. The average Bonchev–Trinajstić information content (AvgIpc) is 3.01. The number of nitrogens with one attached hydrogen (secondary N) is 2. The Morgan fingerprint density at radius 3 is 2.67 bits per heavy atom. The van der Waals surface area contributed by atoms with E-state index in [4.69, 9.17) is 0 Å². The minimum atomic E-state index is -0.469. The second kappa shape index (κ2) is 5.87. The third-order valence-corrected chi connectivity index (χ3v) is 3.71. The molecule has 3 rings (SSSR count). The van der Waals surface area contributed by atoms with E-state index in [2.05, 4.69) is 20.5 Å². The van der Waals surface area contributed by atoms with Crippen LogP contribution in [-0.4, -0.2) is 27.1 Å². The van der Waals surface area contributed by atoms with E-state index >= 15 is 0 Å². The molecule has 1 fully saturated rings. The molecular formula is C15H16N4O2. The van der Waals surface area contributed by atoms with Crippen LogP contribution in [0.25, 0.3) is 11.3 Å². The summed E-state index contributed by atoms with van der Waals surface area (Å²) in [7, 11) is 0. The number of carbonyl (C=O) groups is 1. The van der Waals surface area contributed by atoms with Crippen molar-refractivity contribution in [1.29, 1.82) is 0 Å². The van der Waals surface area contributed by atoms with Gasteiger partial charge in [0, 0.05) is 24.0 Å². The Labute approximate surface area is 121 Å². The van der Waals surface area contributed by atoms with Gasteiger partial charge in [-0.15, -0.1) is 0 Å². The zero-order valence-corrected chi connectivity index (χ0v) is 11.5. The lowest BCUT2D eigenvalue weighted by Crippen LogP contribution is -2.36. The molecule has 2 aromatic rings. The van der Waals surface area contributed by atoms with E-state index in [0.717, 1.165) is 31.2 Å². The van der Waals surface area contributed by atoms with Crippen LogP contribution in [0.1, 0.15) is 36.0 Å². The molecule has 0 radical (unpaired) electrons. The van der Waals surface area contributed by atoms with Crippen molar-refractivity contribution >= 4 is 5.91 Å². The Kier molecular flexibility index (Phi) is 3.77. The molecule has 6 heteroatoms. The maximum Gasteiger partial charge on any atom is 0.277 e. The smallest absolute Gasteiger partial charge is 0.277 e. The first-order valence-electron chi connectivity index (χ1n) is 7.05. The van der Waals surface area contributed by atoms with Gasteiger partial charge in [0.25, 0.3) is 11.5 Å². The molecule has 0 spiro atoms. The van der Waals surface area contributed by atoms with Crippen LogP contribution in [0.5, 0.6) is 0 Å². The van der Waals surface area contributed by atoms with E-state index in [9.17, 15) is 9.59 Å². The van der Waals surface area contributed by atoms with Gasteiger partial charge in [-0.05, 0) is 31.0 Å². The zero-order chi connectivity index (χ0) is 14.7. The first-order valence-corrected chi connectivity index (χ1v) is 7.05. The van der Waals surface area contributed by atoms with Gasteiger partial charge in [-0.25, -0.2) is 5.10 Å². The molecule has 1 amide bonds. The molecule has 0 saturated heterocycles. The first-order chi connectivity index (χ1) is 10.2. The molecule has 0 unspecified atom stereocenters. The Morgan fingerprint density at radius 2 is 1.95 bits per heavy atom. The van der Waals surface area contributed by atoms with Gasteiger partial charge in [0.2, 0.25) is 0 Å². The highest BCUT2D eigenvalue weighted by Gasteiger charge is 2.20. The lowest BCUT2D eigenvalue weighted by molar-refractivity contribution is 0.0936. The van der Waals surface area contributed by atoms with Crippen LogP contribution in [0, 0.1) is 0 Å². The van der Waals surface area contributed by atoms with Crippen molar-refractivity contribution in [3.05, 3.63) is 46.5 Å². The summed E-state index contributed by atoms with van der Waals surface area (Å²) in [6.45, 7) is 0. The molecule has 0 aromatic carbocycles. The highest BCUT2D eigenvalue weighted by molar-refractivity contribution is 5.94. The Bertz CT molecular complexity index is 690. The van der Waals surface area contributed by atoms with Gasteiger partial charge in [-0.1, -0.05) is 12.8 Å². The van der Waals surface area contributed by atoms with Gasteiger partial charge in [0.05, 0.1) is 5.69 Å². The number of aromatic amines is 1. The van der Waals surface area contributed by atoms with E-state index in [1.54, 1.807) is 24.5 Å². The summed E-state index contributed by atoms with van der Waals surface area (Å²) in [4.78, 5) is 28.0. The van der Waals surface area contributed by atoms with Crippen molar-refractivity contribution in [3.63, 3.8) is 0 Å². The van der Waals surface area contributed by atoms with Crippen molar-refractivity contribution in [3.8, 4) is 11.3 Å². The molecule has 0 aliphatic heterocycles. The molecule has 1 aliphatic carbocycles. The third-order valence-electron chi connectivity index (χ3n) is 3.71. The normalized spacial score (nSPS) is 15.0. The fraction of sp³-hybridized carbons (Fsp3) is 0.333. The van der Waals surface area contributed by atoms with Crippen molar-refractivity contribution in [2.45, 2.75) is 31.7 Å². The van der Waals surface area contributed by atoms with E-state index < -0.39 is 5.56 Å². The van der Waals surface area contributed by atoms with Gasteiger partial charge in [-0.2, -0.15) is 5.10 Å². The summed E-state index contributed by atoms with van der Waals surface area (Å²) in [5.74, 6) is -0.333. The van der Waals surface area contributed by atoms with Crippen molar-refractivity contribution in [1.82, 2.24) is 20.5 Å². The summed E-state index contributed by atoms with van der Waals surface area (Å²) < 4.78 is 0.